The molecule has 1 aromatic rings. The summed E-state index contributed by atoms with van der Waals surface area (Å²) in [5.74, 6) is -1.28. The minimum absolute atomic E-state index is 0.126. The van der Waals surface area contributed by atoms with Gasteiger partial charge in [0.1, 0.15) is 0 Å². The van der Waals surface area contributed by atoms with Gasteiger partial charge < -0.3 is 10.4 Å². The smallest absolute Gasteiger partial charge is 0.312 e. The zero-order valence-corrected chi connectivity index (χ0v) is 12.9. The molecule has 2 N–H and O–H groups in total. The molecule has 1 aliphatic rings. The summed E-state index contributed by atoms with van der Waals surface area (Å²) in [6, 6.07) is 1.03. The summed E-state index contributed by atoms with van der Waals surface area (Å²) in [5, 5.41) is 23.4. The SMILES string of the molecule is O=C(O)C1CCCCCC1Nc1ncc(Br)cc1[N+](=O)[O-]. The number of hydrogen-bond donors (Lipinski definition) is 2. The molecule has 1 aromatic heterocycles. The van der Waals surface area contributed by atoms with Crippen molar-refractivity contribution in [1.82, 2.24) is 4.98 Å². The Hall–Kier alpha value is -1.70. The van der Waals surface area contributed by atoms with Crippen LogP contribution in [-0.4, -0.2) is 27.0 Å². The number of nitrogens with one attached hydrogen (secondary N) is 1. The van der Waals surface area contributed by atoms with Gasteiger partial charge >= 0.3 is 11.7 Å². The number of carbonyl (C=O) groups is 1. The van der Waals surface area contributed by atoms with Crippen molar-refractivity contribution in [1.29, 1.82) is 0 Å². The van der Waals surface area contributed by atoms with Crippen molar-refractivity contribution in [2.45, 2.75) is 38.1 Å². The summed E-state index contributed by atoms with van der Waals surface area (Å²) in [6.07, 6.45) is 5.47. The Balaban J connectivity index is 2.26. The summed E-state index contributed by atoms with van der Waals surface area (Å²) in [4.78, 5) is 26.0. The van der Waals surface area contributed by atoms with E-state index in [1.165, 1.54) is 12.3 Å². The molecule has 0 aliphatic heterocycles. The van der Waals surface area contributed by atoms with Crippen LogP contribution in [0.3, 0.4) is 0 Å². The van der Waals surface area contributed by atoms with Crippen LogP contribution in [-0.2, 0) is 4.79 Å². The fraction of sp³-hybridized carbons (Fsp3) is 0.538. The molecule has 0 amide bonds. The van der Waals surface area contributed by atoms with E-state index in [0.717, 1.165) is 19.3 Å². The molecular formula is C13H16BrN3O4. The van der Waals surface area contributed by atoms with Gasteiger partial charge in [-0.15, -0.1) is 0 Å². The first-order valence-electron chi connectivity index (χ1n) is 6.78. The summed E-state index contributed by atoms with van der Waals surface area (Å²) in [5.41, 5.74) is -0.155. The van der Waals surface area contributed by atoms with E-state index in [2.05, 4.69) is 26.2 Å². The van der Waals surface area contributed by atoms with Crippen LogP contribution in [0.4, 0.5) is 11.5 Å². The summed E-state index contributed by atoms with van der Waals surface area (Å²) >= 11 is 3.15. The first kappa shape index (κ1) is 15.7. The number of pyridine rings is 1. The molecule has 21 heavy (non-hydrogen) atoms. The normalized spacial score (nSPS) is 22.3. The maximum absolute atomic E-state index is 11.4. The third-order valence-corrected chi connectivity index (χ3v) is 4.12. The van der Waals surface area contributed by atoms with Gasteiger partial charge in [-0.25, -0.2) is 4.98 Å². The second-order valence-corrected chi connectivity index (χ2v) is 6.03. The van der Waals surface area contributed by atoms with Gasteiger partial charge in [0.25, 0.3) is 0 Å². The molecule has 2 rings (SSSR count). The number of carboxylic acids is 1. The Kier molecular flexibility index (Phi) is 5.11. The lowest BCUT2D eigenvalue weighted by Crippen LogP contribution is -2.34. The van der Waals surface area contributed by atoms with E-state index >= 15 is 0 Å². The first-order valence-corrected chi connectivity index (χ1v) is 7.57. The number of halogens is 1. The zero-order valence-electron chi connectivity index (χ0n) is 11.3. The van der Waals surface area contributed by atoms with Gasteiger partial charge in [0, 0.05) is 22.8 Å². The van der Waals surface area contributed by atoms with Crippen molar-refractivity contribution in [3.63, 3.8) is 0 Å². The Morgan fingerprint density at radius 2 is 2.14 bits per heavy atom. The largest absolute Gasteiger partial charge is 0.481 e. The number of hydrogen-bond acceptors (Lipinski definition) is 5. The predicted octanol–water partition coefficient (Wildman–Crippen LogP) is 3.20. The van der Waals surface area contributed by atoms with Gasteiger partial charge in [-0.3, -0.25) is 14.9 Å². The van der Waals surface area contributed by atoms with E-state index in [-0.39, 0.29) is 17.5 Å². The highest BCUT2D eigenvalue weighted by atomic mass is 79.9. The molecule has 1 heterocycles. The number of carboxylic acid groups (broad SMARTS) is 1. The molecule has 1 saturated carbocycles. The predicted molar refractivity (Wildman–Crippen MR) is 80.2 cm³/mol. The van der Waals surface area contributed by atoms with Crippen molar-refractivity contribution >= 4 is 33.4 Å². The third kappa shape index (κ3) is 3.90. The van der Waals surface area contributed by atoms with Gasteiger partial charge in [0.05, 0.1) is 10.8 Å². The van der Waals surface area contributed by atoms with Crippen LogP contribution in [0.2, 0.25) is 0 Å². The topological polar surface area (TPSA) is 105 Å². The van der Waals surface area contributed by atoms with Gasteiger partial charge in [-0.2, -0.15) is 0 Å². The molecule has 2 atom stereocenters. The van der Waals surface area contributed by atoms with Crippen molar-refractivity contribution in [3.8, 4) is 0 Å². The minimum atomic E-state index is -0.867. The molecule has 8 heteroatoms. The molecule has 0 bridgehead atoms. The van der Waals surface area contributed by atoms with E-state index in [9.17, 15) is 20.0 Å². The molecule has 2 unspecified atom stereocenters. The number of anilines is 1. The average molecular weight is 358 g/mol. The van der Waals surface area contributed by atoms with Gasteiger partial charge in [0.2, 0.25) is 5.82 Å². The van der Waals surface area contributed by atoms with Gasteiger partial charge in [-0.1, -0.05) is 19.3 Å². The Bertz CT molecular complexity index is 552. The average Bonchev–Trinajstić information content (AvgIpc) is 2.66. The van der Waals surface area contributed by atoms with Crippen LogP contribution in [0.5, 0.6) is 0 Å². The highest BCUT2D eigenvalue weighted by Crippen LogP contribution is 2.30. The second kappa shape index (κ2) is 6.84. The highest BCUT2D eigenvalue weighted by Gasteiger charge is 2.31. The maximum atomic E-state index is 11.4. The van der Waals surface area contributed by atoms with Crippen molar-refractivity contribution in [2.75, 3.05) is 5.32 Å². The number of nitro groups is 1. The van der Waals surface area contributed by atoms with E-state index in [1.54, 1.807) is 0 Å². The molecule has 114 valence electrons. The van der Waals surface area contributed by atoms with E-state index in [4.69, 9.17) is 0 Å². The molecule has 0 aromatic carbocycles. The third-order valence-electron chi connectivity index (χ3n) is 3.69. The lowest BCUT2D eigenvalue weighted by Gasteiger charge is -2.23. The van der Waals surface area contributed by atoms with Crippen molar-refractivity contribution in [2.24, 2.45) is 5.92 Å². The fourth-order valence-electron chi connectivity index (χ4n) is 2.63. The molecule has 0 radical (unpaired) electrons. The van der Waals surface area contributed by atoms with Crippen molar-refractivity contribution < 1.29 is 14.8 Å². The van der Waals surface area contributed by atoms with Crippen LogP contribution in [0.15, 0.2) is 16.7 Å². The zero-order chi connectivity index (χ0) is 15.4. The van der Waals surface area contributed by atoms with Crippen LogP contribution in [0.25, 0.3) is 0 Å². The highest BCUT2D eigenvalue weighted by molar-refractivity contribution is 9.10. The lowest BCUT2D eigenvalue weighted by molar-refractivity contribution is -0.384. The Labute approximate surface area is 130 Å². The molecule has 7 nitrogen and oxygen atoms in total. The molecular weight excluding hydrogens is 342 g/mol. The lowest BCUT2D eigenvalue weighted by atomic mass is 9.95. The molecule has 1 fully saturated rings. The monoisotopic (exact) mass is 357 g/mol. The first-order chi connectivity index (χ1) is 9.99. The Morgan fingerprint density at radius 3 is 2.81 bits per heavy atom. The number of aromatic nitrogens is 1. The number of rotatable bonds is 4. The summed E-state index contributed by atoms with van der Waals surface area (Å²) < 4.78 is 0.510. The summed E-state index contributed by atoms with van der Waals surface area (Å²) in [6.45, 7) is 0. The quantitative estimate of drug-likeness (QED) is 0.486. The van der Waals surface area contributed by atoms with E-state index < -0.39 is 16.8 Å². The van der Waals surface area contributed by atoms with E-state index in [1.807, 2.05) is 0 Å². The molecule has 0 saturated heterocycles. The second-order valence-electron chi connectivity index (χ2n) is 5.11. The van der Waals surface area contributed by atoms with Gasteiger partial charge in [0.15, 0.2) is 0 Å². The summed E-state index contributed by atoms with van der Waals surface area (Å²) in [7, 11) is 0. The van der Waals surface area contributed by atoms with Crippen molar-refractivity contribution in [3.05, 3.63) is 26.9 Å². The molecule has 0 spiro atoms. The van der Waals surface area contributed by atoms with Crippen LogP contribution < -0.4 is 5.32 Å². The standard InChI is InChI=1S/C13H16BrN3O4/c14-8-6-11(17(20)21)12(15-7-8)16-10-5-3-1-2-4-9(10)13(18)19/h6-7,9-10H,1-5H2,(H,15,16)(H,18,19). The van der Waals surface area contributed by atoms with Gasteiger partial charge in [-0.05, 0) is 28.8 Å². The van der Waals surface area contributed by atoms with Crippen LogP contribution >= 0.6 is 15.9 Å². The minimum Gasteiger partial charge on any atom is -0.481 e. The van der Waals surface area contributed by atoms with Crippen LogP contribution in [0.1, 0.15) is 32.1 Å². The molecule has 1 aliphatic carbocycles. The fourth-order valence-corrected chi connectivity index (χ4v) is 2.95. The number of aliphatic carboxylic acids is 1. The van der Waals surface area contributed by atoms with Crippen LogP contribution in [0, 0.1) is 16.0 Å². The number of nitrogens with zero attached hydrogens (tertiary/aromatic N) is 2. The Morgan fingerprint density at radius 1 is 1.43 bits per heavy atom. The maximum Gasteiger partial charge on any atom is 0.312 e. The van der Waals surface area contributed by atoms with E-state index in [0.29, 0.717) is 17.3 Å².